The summed E-state index contributed by atoms with van der Waals surface area (Å²) in [5.41, 5.74) is 4.07. The second kappa shape index (κ2) is 8.68. The van der Waals surface area contributed by atoms with Crippen LogP contribution in [0, 0.1) is 17.0 Å². The zero-order valence-electron chi connectivity index (χ0n) is 17.4. The summed E-state index contributed by atoms with van der Waals surface area (Å²) in [5.74, 6) is 0.381. The van der Waals surface area contributed by atoms with E-state index in [1.165, 1.54) is 29.1 Å². The molecule has 9 heteroatoms. The van der Waals surface area contributed by atoms with Crippen LogP contribution in [0.5, 0.6) is 5.75 Å². The highest BCUT2D eigenvalue weighted by Gasteiger charge is 2.10. The molecule has 9 nitrogen and oxygen atoms in total. The van der Waals surface area contributed by atoms with E-state index < -0.39 is 4.92 Å². The number of aromatic nitrogens is 3. The molecule has 0 saturated carbocycles. The SMILES string of the molecule is COc1ccc(-n2nc3cc(C)c(NC(=O)C=Cc4cccc([N+](=O)[O-])c4)cc3n2)cc1. The number of carbonyl (C=O) groups excluding carboxylic acids is 1. The molecule has 1 aromatic heterocycles. The number of ether oxygens (including phenoxy) is 1. The molecule has 0 spiro atoms. The molecular formula is C23H19N5O4. The summed E-state index contributed by atoms with van der Waals surface area (Å²) in [4.78, 5) is 24.3. The monoisotopic (exact) mass is 429 g/mol. The number of amides is 1. The summed E-state index contributed by atoms with van der Waals surface area (Å²) in [5, 5.41) is 22.7. The lowest BCUT2D eigenvalue weighted by Crippen LogP contribution is -2.08. The molecule has 1 amide bonds. The number of aryl methyl sites for hydroxylation is 1. The molecule has 0 fully saturated rings. The van der Waals surface area contributed by atoms with Gasteiger partial charge in [0.05, 0.1) is 17.7 Å². The number of nitrogens with one attached hydrogen (secondary N) is 1. The van der Waals surface area contributed by atoms with Gasteiger partial charge in [-0.15, -0.1) is 10.2 Å². The Morgan fingerprint density at radius 1 is 1.09 bits per heavy atom. The van der Waals surface area contributed by atoms with Gasteiger partial charge in [0, 0.05) is 23.9 Å². The zero-order valence-corrected chi connectivity index (χ0v) is 17.4. The van der Waals surface area contributed by atoms with Crippen molar-refractivity contribution in [3.63, 3.8) is 0 Å². The van der Waals surface area contributed by atoms with Crippen LogP contribution in [-0.4, -0.2) is 32.9 Å². The Kier molecular flexibility index (Phi) is 5.63. The highest BCUT2D eigenvalue weighted by Crippen LogP contribution is 2.23. The van der Waals surface area contributed by atoms with Crippen molar-refractivity contribution in [2.24, 2.45) is 0 Å². The summed E-state index contributed by atoms with van der Waals surface area (Å²) in [7, 11) is 1.60. The number of rotatable bonds is 6. The summed E-state index contributed by atoms with van der Waals surface area (Å²) in [6.07, 6.45) is 2.85. The van der Waals surface area contributed by atoms with Crippen molar-refractivity contribution in [2.75, 3.05) is 12.4 Å². The number of hydrogen-bond acceptors (Lipinski definition) is 6. The van der Waals surface area contributed by atoms with Gasteiger partial charge in [0.25, 0.3) is 5.69 Å². The van der Waals surface area contributed by atoms with Crippen molar-refractivity contribution < 1.29 is 14.5 Å². The summed E-state index contributed by atoms with van der Waals surface area (Å²) in [6.45, 7) is 1.87. The van der Waals surface area contributed by atoms with Gasteiger partial charge in [-0.05, 0) is 60.5 Å². The van der Waals surface area contributed by atoms with Crippen LogP contribution in [0.2, 0.25) is 0 Å². The molecule has 0 aliphatic carbocycles. The van der Waals surface area contributed by atoms with Gasteiger partial charge in [-0.1, -0.05) is 12.1 Å². The highest BCUT2D eigenvalue weighted by molar-refractivity contribution is 6.03. The van der Waals surface area contributed by atoms with Crippen LogP contribution in [0.25, 0.3) is 22.8 Å². The normalized spacial score (nSPS) is 11.1. The summed E-state index contributed by atoms with van der Waals surface area (Å²) in [6, 6.07) is 17.0. The van der Waals surface area contributed by atoms with Crippen LogP contribution < -0.4 is 10.1 Å². The maximum Gasteiger partial charge on any atom is 0.270 e. The summed E-state index contributed by atoms with van der Waals surface area (Å²) < 4.78 is 5.17. The molecule has 1 heterocycles. The molecule has 0 atom stereocenters. The Hall–Kier alpha value is -4.53. The topological polar surface area (TPSA) is 112 Å². The second-order valence-corrected chi connectivity index (χ2v) is 7.02. The van der Waals surface area contributed by atoms with E-state index in [0.29, 0.717) is 22.3 Å². The molecule has 0 aliphatic rings. The number of nitro benzene ring substituents is 1. The smallest absolute Gasteiger partial charge is 0.270 e. The first-order chi connectivity index (χ1) is 15.4. The Morgan fingerprint density at radius 2 is 1.81 bits per heavy atom. The average molecular weight is 429 g/mol. The maximum atomic E-state index is 12.4. The summed E-state index contributed by atoms with van der Waals surface area (Å²) >= 11 is 0. The van der Waals surface area contributed by atoms with Gasteiger partial charge < -0.3 is 10.1 Å². The van der Waals surface area contributed by atoms with E-state index in [0.717, 1.165) is 17.0 Å². The zero-order chi connectivity index (χ0) is 22.7. The van der Waals surface area contributed by atoms with Crippen molar-refractivity contribution in [2.45, 2.75) is 6.92 Å². The molecule has 0 radical (unpaired) electrons. The third-order valence-electron chi connectivity index (χ3n) is 4.80. The van der Waals surface area contributed by atoms with E-state index in [1.54, 1.807) is 25.3 Å². The number of nitro groups is 1. The molecule has 0 unspecified atom stereocenters. The Labute approximate surface area is 183 Å². The van der Waals surface area contributed by atoms with Gasteiger partial charge in [0.1, 0.15) is 16.8 Å². The van der Waals surface area contributed by atoms with Crippen LogP contribution in [0.1, 0.15) is 11.1 Å². The number of benzene rings is 3. The third-order valence-corrected chi connectivity index (χ3v) is 4.80. The predicted octanol–water partition coefficient (Wildman–Crippen LogP) is 4.30. The van der Waals surface area contributed by atoms with Crippen molar-refractivity contribution in [1.29, 1.82) is 0 Å². The largest absolute Gasteiger partial charge is 0.497 e. The Balaban J connectivity index is 1.53. The fourth-order valence-electron chi connectivity index (χ4n) is 3.12. The molecule has 160 valence electrons. The molecule has 4 rings (SSSR count). The van der Waals surface area contributed by atoms with E-state index in [9.17, 15) is 14.9 Å². The van der Waals surface area contributed by atoms with Gasteiger partial charge in [-0.3, -0.25) is 14.9 Å². The first-order valence-corrected chi connectivity index (χ1v) is 9.68. The van der Waals surface area contributed by atoms with E-state index in [4.69, 9.17) is 4.74 Å². The van der Waals surface area contributed by atoms with E-state index in [2.05, 4.69) is 15.5 Å². The van der Waals surface area contributed by atoms with E-state index in [-0.39, 0.29) is 11.6 Å². The lowest BCUT2D eigenvalue weighted by molar-refractivity contribution is -0.384. The lowest BCUT2D eigenvalue weighted by atomic mass is 10.1. The van der Waals surface area contributed by atoms with Crippen molar-refractivity contribution in [3.8, 4) is 11.4 Å². The van der Waals surface area contributed by atoms with Gasteiger partial charge in [-0.25, -0.2) is 0 Å². The van der Waals surface area contributed by atoms with Crippen molar-refractivity contribution in [1.82, 2.24) is 15.0 Å². The number of anilines is 1. The van der Waals surface area contributed by atoms with Gasteiger partial charge in [0.15, 0.2) is 0 Å². The van der Waals surface area contributed by atoms with Gasteiger partial charge in [-0.2, -0.15) is 4.80 Å². The Bertz CT molecular complexity index is 1340. The van der Waals surface area contributed by atoms with Crippen molar-refractivity contribution >= 4 is 34.4 Å². The number of carbonyl (C=O) groups is 1. The van der Waals surface area contributed by atoms with Gasteiger partial charge in [0.2, 0.25) is 5.91 Å². The minimum Gasteiger partial charge on any atom is -0.497 e. The van der Waals surface area contributed by atoms with Crippen LogP contribution in [0.15, 0.2) is 66.7 Å². The Morgan fingerprint density at radius 3 is 2.50 bits per heavy atom. The third kappa shape index (κ3) is 4.46. The number of non-ortho nitro benzene ring substituents is 1. The van der Waals surface area contributed by atoms with Crippen LogP contribution in [0.3, 0.4) is 0 Å². The van der Waals surface area contributed by atoms with Crippen LogP contribution in [-0.2, 0) is 4.79 Å². The first kappa shape index (κ1) is 20.7. The number of methoxy groups -OCH3 is 1. The quantitative estimate of drug-likeness (QED) is 0.278. The molecule has 32 heavy (non-hydrogen) atoms. The molecule has 4 aromatic rings. The van der Waals surface area contributed by atoms with Crippen LogP contribution in [0.4, 0.5) is 11.4 Å². The number of fused-ring (bicyclic) bond motifs is 1. The predicted molar refractivity (Wildman–Crippen MR) is 121 cm³/mol. The fraction of sp³-hybridized carbons (Fsp3) is 0.0870. The lowest BCUT2D eigenvalue weighted by Gasteiger charge is -2.05. The minimum atomic E-state index is -0.477. The second-order valence-electron chi connectivity index (χ2n) is 7.02. The van der Waals surface area contributed by atoms with Gasteiger partial charge >= 0.3 is 0 Å². The molecule has 0 aliphatic heterocycles. The number of hydrogen-bond donors (Lipinski definition) is 1. The molecule has 1 N–H and O–H groups in total. The molecule has 0 saturated heterocycles. The highest BCUT2D eigenvalue weighted by atomic mass is 16.6. The molecule has 0 bridgehead atoms. The molecular weight excluding hydrogens is 410 g/mol. The minimum absolute atomic E-state index is 0.0335. The number of nitrogens with zero attached hydrogens (tertiary/aromatic N) is 4. The maximum absolute atomic E-state index is 12.4. The average Bonchev–Trinajstić information content (AvgIpc) is 3.21. The fourth-order valence-corrected chi connectivity index (χ4v) is 3.12. The first-order valence-electron chi connectivity index (χ1n) is 9.68. The van der Waals surface area contributed by atoms with E-state index >= 15 is 0 Å². The van der Waals surface area contributed by atoms with Crippen LogP contribution >= 0.6 is 0 Å². The standard InChI is InChI=1S/C23H19N5O4/c1-15-12-21-22(26-27(25-21)17-7-9-19(32-2)10-8-17)14-20(15)24-23(29)11-6-16-4-3-5-18(13-16)28(30)31/h3-14H,1-2H3,(H,24,29). The van der Waals surface area contributed by atoms with E-state index in [1.807, 2.05) is 37.3 Å². The molecule has 3 aromatic carbocycles. The van der Waals surface area contributed by atoms with Crippen molar-refractivity contribution in [3.05, 3.63) is 88.0 Å².